The van der Waals surface area contributed by atoms with E-state index in [0.29, 0.717) is 24.0 Å². The Balaban J connectivity index is 2.01. The molecule has 0 N–H and O–H groups in total. The van der Waals surface area contributed by atoms with Gasteiger partial charge < -0.3 is 4.84 Å². The molecule has 0 saturated heterocycles. The van der Waals surface area contributed by atoms with Crippen LogP contribution in [0.4, 0.5) is 0 Å². The van der Waals surface area contributed by atoms with Crippen LogP contribution in [0.2, 0.25) is 0 Å². The number of benzene rings is 1. The average molecular weight is 269 g/mol. The van der Waals surface area contributed by atoms with Gasteiger partial charge in [0.05, 0.1) is 5.57 Å². The van der Waals surface area contributed by atoms with Gasteiger partial charge in [0.1, 0.15) is 0 Å². The summed E-state index contributed by atoms with van der Waals surface area (Å²) in [6.07, 6.45) is 4.01. The van der Waals surface area contributed by atoms with E-state index in [9.17, 15) is 9.59 Å². The molecule has 20 heavy (non-hydrogen) atoms. The van der Waals surface area contributed by atoms with Crippen molar-refractivity contribution in [2.45, 2.75) is 31.8 Å². The molecule has 3 rings (SSSR count). The molecule has 0 radical (unpaired) electrons. The van der Waals surface area contributed by atoms with Crippen LogP contribution in [-0.4, -0.2) is 23.9 Å². The summed E-state index contributed by atoms with van der Waals surface area (Å²) in [5, 5.41) is 3.75. The molecule has 1 unspecified atom stereocenters. The van der Waals surface area contributed by atoms with Crippen LogP contribution in [0.25, 0.3) is 0 Å². The topological polar surface area (TPSA) is 55.7 Å². The zero-order valence-corrected chi connectivity index (χ0v) is 11.0. The van der Waals surface area contributed by atoms with Gasteiger partial charge in [-0.3, -0.25) is 9.59 Å². The van der Waals surface area contributed by atoms with Gasteiger partial charge in [0.25, 0.3) is 0 Å². The fourth-order valence-electron chi connectivity index (χ4n) is 2.70. The van der Waals surface area contributed by atoms with Gasteiger partial charge in [0.15, 0.2) is 17.7 Å². The maximum atomic E-state index is 12.6. The smallest absolute Gasteiger partial charge is 0.196 e. The lowest BCUT2D eigenvalue weighted by Gasteiger charge is -2.21. The van der Waals surface area contributed by atoms with Crippen LogP contribution in [0.3, 0.4) is 0 Å². The second-order valence-electron chi connectivity index (χ2n) is 4.99. The van der Waals surface area contributed by atoms with Gasteiger partial charge in [-0.2, -0.15) is 0 Å². The molecule has 1 atom stereocenters. The molecule has 0 spiro atoms. The van der Waals surface area contributed by atoms with E-state index in [-0.39, 0.29) is 17.7 Å². The molecule has 1 aliphatic carbocycles. The third-order valence-corrected chi connectivity index (χ3v) is 3.68. The lowest BCUT2D eigenvalue weighted by Crippen LogP contribution is -2.25. The Labute approximate surface area is 117 Å². The van der Waals surface area contributed by atoms with Gasteiger partial charge in [-0.25, -0.2) is 0 Å². The maximum absolute atomic E-state index is 12.6. The molecule has 1 aliphatic heterocycles. The Kier molecular flexibility index (Phi) is 3.46. The summed E-state index contributed by atoms with van der Waals surface area (Å²) in [6, 6.07) is 8.93. The Morgan fingerprint density at radius 2 is 2.00 bits per heavy atom. The summed E-state index contributed by atoms with van der Waals surface area (Å²) >= 11 is 0. The highest BCUT2D eigenvalue weighted by Gasteiger charge is 2.32. The van der Waals surface area contributed by atoms with E-state index >= 15 is 0 Å². The van der Waals surface area contributed by atoms with Crippen molar-refractivity contribution in [3.8, 4) is 0 Å². The highest BCUT2D eigenvalue weighted by atomic mass is 16.6. The third kappa shape index (κ3) is 2.29. The molecule has 4 nitrogen and oxygen atoms in total. The van der Waals surface area contributed by atoms with Crippen LogP contribution in [0.1, 0.15) is 36.0 Å². The number of hydrogen-bond acceptors (Lipinski definition) is 4. The SMILES string of the molecule is O=C1CCCC(C2CC=NO2)=C1C(=O)c1ccccc1. The van der Waals surface area contributed by atoms with Crippen molar-refractivity contribution in [1.82, 2.24) is 0 Å². The second kappa shape index (κ2) is 5.41. The molecule has 1 aromatic carbocycles. The van der Waals surface area contributed by atoms with Gasteiger partial charge in [0.2, 0.25) is 0 Å². The van der Waals surface area contributed by atoms with Crippen molar-refractivity contribution in [3.63, 3.8) is 0 Å². The Morgan fingerprint density at radius 1 is 1.20 bits per heavy atom. The Morgan fingerprint density at radius 3 is 2.70 bits per heavy atom. The van der Waals surface area contributed by atoms with Crippen molar-refractivity contribution in [3.05, 3.63) is 47.0 Å². The van der Waals surface area contributed by atoms with Crippen molar-refractivity contribution >= 4 is 17.8 Å². The summed E-state index contributed by atoms with van der Waals surface area (Å²) in [5.74, 6) is -0.267. The first-order valence-electron chi connectivity index (χ1n) is 6.81. The predicted octanol–water partition coefficient (Wildman–Crippen LogP) is 2.69. The van der Waals surface area contributed by atoms with E-state index in [1.165, 1.54) is 0 Å². The van der Waals surface area contributed by atoms with E-state index in [1.54, 1.807) is 30.5 Å². The number of ketones is 2. The monoisotopic (exact) mass is 269 g/mol. The molecule has 0 bridgehead atoms. The van der Waals surface area contributed by atoms with Crippen molar-refractivity contribution in [1.29, 1.82) is 0 Å². The number of rotatable bonds is 3. The van der Waals surface area contributed by atoms with Gasteiger partial charge in [-0.05, 0) is 18.4 Å². The molecular formula is C16H15NO3. The standard InChI is InChI=1S/C16H15NO3/c18-13-8-4-7-12(14-9-10-17-20-14)15(13)16(19)11-5-2-1-3-6-11/h1-3,5-6,10,14H,4,7-9H2. The first-order chi connectivity index (χ1) is 9.77. The molecule has 0 aromatic heterocycles. The van der Waals surface area contributed by atoms with Crippen molar-refractivity contribution in [2.24, 2.45) is 5.16 Å². The zero-order chi connectivity index (χ0) is 13.9. The summed E-state index contributed by atoms with van der Waals surface area (Å²) < 4.78 is 0. The van der Waals surface area contributed by atoms with Gasteiger partial charge in [-0.1, -0.05) is 35.5 Å². The summed E-state index contributed by atoms with van der Waals surface area (Å²) in [7, 11) is 0. The van der Waals surface area contributed by atoms with Crippen molar-refractivity contribution in [2.75, 3.05) is 0 Å². The molecule has 0 fully saturated rings. The minimum absolute atomic E-state index is 0.0735. The molecular weight excluding hydrogens is 254 g/mol. The minimum Gasteiger partial charge on any atom is -0.388 e. The average Bonchev–Trinajstić information content (AvgIpc) is 3.01. The molecule has 0 amide bonds. The largest absolute Gasteiger partial charge is 0.388 e. The first-order valence-corrected chi connectivity index (χ1v) is 6.81. The van der Waals surface area contributed by atoms with Gasteiger partial charge >= 0.3 is 0 Å². The van der Waals surface area contributed by atoms with Crippen LogP contribution in [0.5, 0.6) is 0 Å². The van der Waals surface area contributed by atoms with Gasteiger partial charge in [0, 0.05) is 24.6 Å². The Bertz CT molecular complexity index is 593. The normalized spacial score (nSPS) is 22.0. The lowest BCUT2D eigenvalue weighted by atomic mass is 9.83. The number of hydrogen-bond donors (Lipinski definition) is 0. The third-order valence-electron chi connectivity index (χ3n) is 3.68. The van der Waals surface area contributed by atoms with Crippen molar-refractivity contribution < 1.29 is 14.4 Å². The molecule has 1 heterocycles. The van der Waals surface area contributed by atoms with E-state index in [4.69, 9.17) is 4.84 Å². The number of Topliss-reactive ketones (excluding diaryl/α,β-unsaturated/α-hetero) is 2. The van der Waals surface area contributed by atoms with Crippen LogP contribution in [0, 0.1) is 0 Å². The molecule has 1 aromatic rings. The minimum atomic E-state index is -0.248. The highest BCUT2D eigenvalue weighted by molar-refractivity contribution is 6.27. The molecule has 4 heteroatoms. The highest BCUT2D eigenvalue weighted by Crippen LogP contribution is 2.31. The number of carbonyl (C=O) groups is 2. The zero-order valence-electron chi connectivity index (χ0n) is 11.0. The van der Waals surface area contributed by atoms with E-state index < -0.39 is 0 Å². The van der Waals surface area contributed by atoms with E-state index in [0.717, 1.165) is 18.4 Å². The van der Waals surface area contributed by atoms with E-state index in [1.807, 2.05) is 6.07 Å². The van der Waals surface area contributed by atoms with Crippen LogP contribution >= 0.6 is 0 Å². The maximum Gasteiger partial charge on any atom is 0.196 e. The fraction of sp³-hybridized carbons (Fsp3) is 0.312. The quantitative estimate of drug-likeness (QED) is 0.626. The van der Waals surface area contributed by atoms with E-state index in [2.05, 4.69) is 5.16 Å². The number of carbonyl (C=O) groups excluding carboxylic acids is 2. The summed E-state index contributed by atoms with van der Waals surface area (Å²) in [5.41, 5.74) is 1.68. The summed E-state index contributed by atoms with van der Waals surface area (Å²) in [4.78, 5) is 30.1. The lowest BCUT2D eigenvalue weighted by molar-refractivity contribution is -0.115. The van der Waals surface area contributed by atoms with Gasteiger partial charge in [-0.15, -0.1) is 0 Å². The molecule has 102 valence electrons. The number of nitrogens with zero attached hydrogens (tertiary/aromatic N) is 1. The molecule has 2 aliphatic rings. The number of allylic oxidation sites excluding steroid dienone is 1. The number of oxime groups is 1. The second-order valence-corrected chi connectivity index (χ2v) is 4.99. The predicted molar refractivity (Wildman–Crippen MR) is 74.6 cm³/mol. The van der Waals surface area contributed by atoms with Crippen LogP contribution in [0.15, 0.2) is 46.6 Å². The molecule has 0 saturated carbocycles. The Hall–Kier alpha value is -2.23. The van der Waals surface area contributed by atoms with Crippen LogP contribution < -0.4 is 0 Å². The fourth-order valence-corrected chi connectivity index (χ4v) is 2.70. The van der Waals surface area contributed by atoms with Crippen LogP contribution in [-0.2, 0) is 9.63 Å². The summed E-state index contributed by atoms with van der Waals surface area (Å²) in [6.45, 7) is 0. The first kappa shape index (κ1) is 12.8.